The second-order valence-corrected chi connectivity index (χ2v) is 5.67. The van der Waals surface area contributed by atoms with Crippen molar-refractivity contribution in [1.82, 2.24) is 9.80 Å². The van der Waals surface area contributed by atoms with Gasteiger partial charge in [-0.15, -0.1) is 0 Å². The molecule has 0 saturated heterocycles. The summed E-state index contributed by atoms with van der Waals surface area (Å²) in [6.45, 7) is 3.88. The van der Waals surface area contributed by atoms with Gasteiger partial charge in [-0.05, 0) is 37.4 Å². The van der Waals surface area contributed by atoms with Gasteiger partial charge in [0.25, 0.3) is 0 Å². The van der Waals surface area contributed by atoms with Crippen LogP contribution in [0.3, 0.4) is 0 Å². The summed E-state index contributed by atoms with van der Waals surface area (Å²) in [7, 11) is 4.20. The van der Waals surface area contributed by atoms with E-state index in [0.717, 1.165) is 26.2 Å². The Balaban J connectivity index is 2.02. The van der Waals surface area contributed by atoms with Crippen molar-refractivity contribution in [3.63, 3.8) is 0 Å². The maximum atomic E-state index is 9.38. The summed E-state index contributed by atoms with van der Waals surface area (Å²) in [5, 5.41) is 9.38. The number of likely N-dealkylation sites (N-methyl/N-ethyl adjacent to an activating group) is 1. The largest absolute Gasteiger partial charge is 0.508 e. The lowest BCUT2D eigenvalue weighted by atomic mass is 10.1. The molecule has 1 N–H and O–H groups in total. The van der Waals surface area contributed by atoms with E-state index in [4.69, 9.17) is 0 Å². The molecule has 2 aromatic carbocycles. The Labute approximate surface area is 127 Å². The van der Waals surface area contributed by atoms with Gasteiger partial charge in [-0.2, -0.15) is 0 Å². The van der Waals surface area contributed by atoms with E-state index >= 15 is 0 Å². The number of phenols is 1. The molecule has 0 fully saturated rings. The number of hydrogen-bond acceptors (Lipinski definition) is 3. The lowest BCUT2D eigenvalue weighted by molar-refractivity contribution is 0.226. The third-order valence-electron chi connectivity index (χ3n) is 3.45. The molecular formula is C18H24N2O. The minimum Gasteiger partial charge on any atom is -0.508 e. The van der Waals surface area contributed by atoms with Crippen molar-refractivity contribution in [1.29, 1.82) is 0 Å². The van der Waals surface area contributed by atoms with Crippen LogP contribution in [0.4, 0.5) is 0 Å². The molecule has 0 bridgehead atoms. The summed E-state index contributed by atoms with van der Waals surface area (Å²) >= 11 is 0. The van der Waals surface area contributed by atoms with Crippen molar-refractivity contribution >= 4 is 0 Å². The summed E-state index contributed by atoms with van der Waals surface area (Å²) in [4.78, 5) is 4.64. The Morgan fingerprint density at radius 1 is 0.762 bits per heavy atom. The molecule has 21 heavy (non-hydrogen) atoms. The summed E-state index contributed by atoms with van der Waals surface area (Å²) in [5.74, 6) is 0.321. The highest BCUT2D eigenvalue weighted by Crippen LogP contribution is 2.13. The second-order valence-electron chi connectivity index (χ2n) is 5.67. The highest BCUT2D eigenvalue weighted by molar-refractivity contribution is 5.26. The first kappa shape index (κ1) is 15.5. The average molecular weight is 284 g/mol. The molecule has 0 amide bonds. The quantitative estimate of drug-likeness (QED) is 0.847. The molecule has 0 radical (unpaired) electrons. The summed E-state index contributed by atoms with van der Waals surface area (Å²) in [5.41, 5.74) is 2.55. The predicted molar refractivity (Wildman–Crippen MR) is 87.2 cm³/mol. The van der Waals surface area contributed by atoms with Crippen molar-refractivity contribution in [2.45, 2.75) is 13.1 Å². The smallest absolute Gasteiger partial charge is 0.115 e. The zero-order valence-corrected chi connectivity index (χ0v) is 12.9. The first-order valence-corrected chi connectivity index (χ1v) is 7.32. The molecule has 2 rings (SSSR count). The Morgan fingerprint density at radius 3 is 1.90 bits per heavy atom. The van der Waals surface area contributed by atoms with Crippen LogP contribution in [0.1, 0.15) is 11.1 Å². The van der Waals surface area contributed by atoms with E-state index in [9.17, 15) is 5.11 Å². The van der Waals surface area contributed by atoms with Crippen LogP contribution in [-0.4, -0.2) is 42.1 Å². The zero-order chi connectivity index (χ0) is 15.1. The molecule has 0 saturated carbocycles. The molecule has 0 atom stereocenters. The van der Waals surface area contributed by atoms with E-state index in [1.807, 2.05) is 18.2 Å². The summed E-state index contributed by atoms with van der Waals surface area (Å²) < 4.78 is 0. The molecule has 2 aromatic rings. The molecule has 0 aliphatic heterocycles. The number of aromatic hydroxyl groups is 1. The molecule has 3 heteroatoms. The van der Waals surface area contributed by atoms with Gasteiger partial charge in [0.15, 0.2) is 0 Å². The van der Waals surface area contributed by atoms with Gasteiger partial charge in [0, 0.05) is 26.2 Å². The Morgan fingerprint density at radius 2 is 1.33 bits per heavy atom. The Hall–Kier alpha value is -1.84. The Bertz CT molecular complexity index is 523. The van der Waals surface area contributed by atoms with Gasteiger partial charge < -0.3 is 10.0 Å². The van der Waals surface area contributed by atoms with E-state index in [-0.39, 0.29) is 0 Å². The molecular weight excluding hydrogens is 260 g/mol. The molecule has 0 aliphatic carbocycles. The standard InChI is InChI=1S/C18H24N2O/c1-19(2)12-13-20(14-16-6-4-3-5-7-16)15-17-8-10-18(21)11-9-17/h3-11,21H,12-15H2,1-2H3. The van der Waals surface area contributed by atoms with E-state index < -0.39 is 0 Å². The van der Waals surface area contributed by atoms with Crippen LogP contribution in [0.15, 0.2) is 54.6 Å². The van der Waals surface area contributed by atoms with Gasteiger partial charge in [-0.1, -0.05) is 42.5 Å². The Kier molecular flexibility index (Phi) is 5.78. The summed E-state index contributed by atoms with van der Waals surface area (Å²) in [6.07, 6.45) is 0. The van der Waals surface area contributed by atoms with Gasteiger partial charge in [-0.25, -0.2) is 0 Å². The van der Waals surface area contributed by atoms with Crippen molar-refractivity contribution < 1.29 is 5.11 Å². The number of phenolic OH excluding ortho intramolecular Hbond substituents is 1. The van der Waals surface area contributed by atoms with Gasteiger partial charge in [0.1, 0.15) is 5.75 Å². The molecule has 112 valence electrons. The molecule has 0 aliphatic rings. The average Bonchev–Trinajstić information content (AvgIpc) is 2.48. The molecule has 0 aromatic heterocycles. The lowest BCUT2D eigenvalue weighted by Crippen LogP contribution is -2.31. The number of hydrogen-bond donors (Lipinski definition) is 1. The van der Waals surface area contributed by atoms with Crippen LogP contribution in [0.2, 0.25) is 0 Å². The van der Waals surface area contributed by atoms with Crippen LogP contribution in [0.5, 0.6) is 5.75 Å². The monoisotopic (exact) mass is 284 g/mol. The second kappa shape index (κ2) is 7.81. The third kappa shape index (κ3) is 5.58. The minimum absolute atomic E-state index is 0.321. The lowest BCUT2D eigenvalue weighted by Gasteiger charge is -2.24. The van der Waals surface area contributed by atoms with E-state index in [1.165, 1.54) is 11.1 Å². The fraction of sp³-hybridized carbons (Fsp3) is 0.333. The van der Waals surface area contributed by atoms with Crippen molar-refractivity contribution in [3.8, 4) is 5.75 Å². The summed E-state index contributed by atoms with van der Waals surface area (Å²) in [6, 6.07) is 18.0. The van der Waals surface area contributed by atoms with Gasteiger partial charge in [0.2, 0.25) is 0 Å². The highest BCUT2D eigenvalue weighted by atomic mass is 16.3. The van der Waals surface area contributed by atoms with Crippen LogP contribution >= 0.6 is 0 Å². The van der Waals surface area contributed by atoms with E-state index in [2.05, 4.69) is 48.2 Å². The van der Waals surface area contributed by atoms with Gasteiger partial charge in [-0.3, -0.25) is 4.90 Å². The van der Waals surface area contributed by atoms with Crippen molar-refractivity contribution in [2.24, 2.45) is 0 Å². The minimum atomic E-state index is 0.321. The molecule has 3 nitrogen and oxygen atoms in total. The molecule has 0 unspecified atom stereocenters. The van der Waals surface area contributed by atoms with Crippen molar-refractivity contribution in [2.75, 3.05) is 27.2 Å². The zero-order valence-electron chi connectivity index (χ0n) is 12.9. The maximum Gasteiger partial charge on any atom is 0.115 e. The first-order chi connectivity index (χ1) is 10.1. The van der Waals surface area contributed by atoms with Crippen LogP contribution in [0, 0.1) is 0 Å². The molecule has 0 heterocycles. The van der Waals surface area contributed by atoms with Crippen molar-refractivity contribution in [3.05, 3.63) is 65.7 Å². The van der Waals surface area contributed by atoms with E-state index in [0.29, 0.717) is 5.75 Å². The fourth-order valence-electron chi connectivity index (χ4n) is 2.26. The van der Waals surface area contributed by atoms with Gasteiger partial charge in [0.05, 0.1) is 0 Å². The number of benzene rings is 2. The highest BCUT2D eigenvalue weighted by Gasteiger charge is 2.08. The predicted octanol–water partition coefficient (Wildman–Crippen LogP) is 2.96. The normalized spacial score (nSPS) is 11.2. The topological polar surface area (TPSA) is 26.7 Å². The third-order valence-corrected chi connectivity index (χ3v) is 3.45. The number of nitrogens with zero attached hydrogens (tertiary/aromatic N) is 2. The van der Waals surface area contributed by atoms with E-state index in [1.54, 1.807) is 12.1 Å². The van der Waals surface area contributed by atoms with Crippen LogP contribution in [-0.2, 0) is 13.1 Å². The van der Waals surface area contributed by atoms with Gasteiger partial charge >= 0.3 is 0 Å². The SMILES string of the molecule is CN(C)CCN(Cc1ccccc1)Cc1ccc(O)cc1. The number of rotatable bonds is 7. The fourth-order valence-corrected chi connectivity index (χ4v) is 2.26. The maximum absolute atomic E-state index is 9.38. The van der Waals surface area contributed by atoms with Crippen LogP contribution in [0.25, 0.3) is 0 Å². The molecule has 0 spiro atoms. The van der Waals surface area contributed by atoms with Crippen LogP contribution < -0.4 is 0 Å². The first-order valence-electron chi connectivity index (χ1n) is 7.32.